The molecule has 5 rings (SSSR count). The fourth-order valence-electron chi connectivity index (χ4n) is 4.37. The molecule has 0 spiro atoms. The van der Waals surface area contributed by atoms with Crippen LogP contribution in [0.4, 0.5) is 17.2 Å². The molecule has 0 unspecified atom stereocenters. The van der Waals surface area contributed by atoms with Gasteiger partial charge in [-0.3, -0.25) is 14.8 Å². The van der Waals surface area contributed by atoms with Gasteiger partial charge in [-0.05, 0) is 37.1 Å². The van der Waals surface area contributed by atoms with Gasteiger partial charge in [0, 0.05) is 55.7 Å². The molecule has 3 aromatic heterocycles. The minimum absolute atomic E-state index is 0.0904. The normalized spacial score (nSPS) is 15.4. The highest BCUT2D eigenvalue weighted by molar-refractivity contribution is 6.05. The van der Waals surface area contributed by atoms with Crippen LogP contribution in [0, 0.1) is 6.92 Å². The summed E-state index contributed by atoms with van der Waals surface area (Å²) in [6.45, 7) is 8.45. The van der Waals surface area contributed by atoms with Crippen molar-refractivity contribution >= 4 is 23.1 Å². The monoisotopic (exact) mass is 429 g/mol. The number of pyridine rings is 3. The number of anilines is 3. The average molecular weight is 430 g/mol. The Labute approximate surface area is 187 Å². The van der Waals surface area contributed by atoms with E-state index in [1.54, 1.807) is 6.20 Å². The summed E-state index contributed by atoms with van der Waals surface area (Å²) in [5.74, 6) is 0.599. The molecule has 0 radical (unpaired) electrons. The van der Waals surface area contributed by atoms with E-state index in [2.05, 4.69) is 43.8 Å². The second kappa shape index (κ2) is 8.55. The number of hydrogen-bond donors (Lipinski definition) is 3. The number of rotatable bonds is 5. The molecule has 3 aromatic rings. The number of fused-ring (bicyclic) bond motifs is 1. The van der Waals surface area contributed by atoms with Crippen LogP contribution in [0.1, 0.15) is 34.1 Å². The van der Waals surface area contributed by atoms with Crippen LogP contribution in [0.3, 0.4) is 0 Å². The second-order valence-corrected chi connectivity index (χ2v) is 8.16. The van der Waals surface area contributed by atoms with E-state index < -0.39 is 0 Å². The summed E-state index contributed by atoms with van der Waals surface area (Å²) in [6.07, 6.45) is 6.37. The number of aryl methyl sites for hydroxylation is 2. The zero-order valence-electron chi connectivity index (χ0n) is 18.4. The lowest BCUT2D eigenvalue weighted by atomic mass is 9.97. The van der Waals surface area contributed by atoms with Crippen molar-refractivity contribution in [3.63, 3.8) is 0 Å². The van der Waals surface area contributed by atoms with Gasteiger partial charge in [-0.25, -0.2) is 4.98 Å². The molecule has 8 nitrogen and oxygen atoms in total. The number of nitrogens with one attached hydrogen (secondary N) is 3. The van der Waals surface area contributed by atoms with Gasteiger partial charge in [0.2, 0.25) is 0 Å². The van der Waals surface area contributed by atoms with Crippen LogP contribution in [0.25, 0.3) is 11.3 Å². The van der Waals surface area contributed by atoms with Crippen LogP contribution in [0.2, 0.25) is 0 Å². The van der Waals surface area contributed by atoms with E-state index in [-0.39, 0.29) is 5.91 Å². The first-order valence-corrected chi connectivity index (χ1v) is 11.1. The largest absolute Gasteiger partial charge is 0.368 e. The Morgan fingerprint density at radius 3 is 2.69 bits per heavy atom. The lowest BCUT2D eigenvalue weighted by Gasteiger charge is -2.29. The quantitative estimate of drug-likeness (QED) is 0.574. The number of nitrogens with zero attached hydrogens (tertiary/aromatic N) is 4. The van der Waals surface area contributed by atoms with Crippen molar-refractivity contribution in [1.29, 1.82) is 0 Å². The summed E-state index contributed by atoms with van der Waals surface area (Å²) < 4.78 is 0. The van der Waals surface area contributed by atoms with Crippen LogP contribution in [-0.4, -0.2) is 47.0 Å². The van der Waals surface area contributed by atoms with E-state index in [0.717, 1.165) is 66.4 Å². The fraction of sp³-hybridized carbons (Fsp3) is 0.333. The SMILES string of the molecule is CCc1cnc(C)cc1-c1ncc(Nc2ccc(N3CCNCC3)cn2)c2c1CNC2=O. The number of aromatic nitrogens is 3. The van der Waals surface area contributed by atoms with Gasteiger partial charge in [0.05, 0.1) is 35.0 Å². The number of piperazine rings is 1. The first kappa shape index (κ1) is 20.4. The maximum atomic E-state index is 12.7. The van der Waals surface area contributed by atoms with Crippen molar-refractivity contribution in [2.75, 3.05) is 36.4 Å². The van der Waals surface area contributed by atoms with Gasteiger partial charge in [0.1, 0.15) is 5.82 Å². The molecule has 0 bridgehead atoms. The summed E-state index contributed by atoms with van der Waals surface area (Å²) in [7, 11) is 0. The van der Waals surface area contributed by atoms with E-state index in [4.69, 9.17) is 4.98 Å². The molecule has 2 aliphatic heterocycles. The Kier molecular flexibility index (Phi) is 5.45. The third-order valence-electron chi connectivity index (χ3n) is 6.08. The highest BCUT2D eigenvalue weighted by Gasteiger charge is 2.28. The molecule has 5 heterocycles. The number of amides is 1. The van der Waals surface area contributed by atoms with Gasteiger partial charge in [0.15, 0.2) is 0 Å². The minimum Gasteiger partial charge on any atom is -0.368 e. The van der Waals surface area contributed by atoms with Crippen LogP contribution in [0.5, 0.6) is 0 Å². The molecule has 2 aliphatic rings. The molecule has 0 saturated carbocycles. The Balaban J connectivity index is 1.47. The van der Waals surface area contributed by atoms with E-state index in [9.17, 15) is 4.79 Å². The van der Waals surface area contributed by atoms with Crippen molar-refractivity contribution in [3.8, 4) is 11.3 Å². The smallest absolute Gasteiger partial charge is 0.254 e. The molecular formula is C24H27N7O. The molecule has 3 N–H and O–H groups in total. The van der Waals surface area contributed by atoms with Crippen molar-refractivity contribution in [2.45, 2.75) is 26.8 Å². The Morgan fingerprint density at radius 2 is 1.94 bits per heavy atom. The van der Waals surface area contributed by atoms with Gasteiger partial charge in [-0.1, -0.05) is 6.92 Å². The molecule has 0 atom stereocenters. The predicted octanol–water partition coefficient (Wildman–Crippen LogP) is 2.81. The predicted molar refractivity (Wildman–Crippen MR) is 125 cm³/mol. The number of carbonyl (C=O) groups is 1. The van der Waals surface area contributed by atoms with Crippen molar-refractivity contribution in [3.05, 3.63) is 59.2 Å². The molecule has 1 saturated heterocycles. The zero-order valence-corrected chi connectivity index (χ0v) is 18.4. The molecular weight excluding hydrogens is 402 g/mol. The molecule has 1 fully saturated rings. The second-order valence-electron chi connectivity index (χ2n) is 8.16. The molecule has 164 valence electrons. The van der Waals surface area contributed by atoms with Crippen molar-refractivity contribution in [1.82, 2.24) is 25.6 Å². The van der Waals surface area contributed by atoms with Gasteiger partial charge in [-0.15, -0.1) is 0 Å². The molecule has 32 heavy (non-hydrogen) atoms. The maximum absolute atomic E-state index is 12.7. The Morgan fingerprint density at radius 1 is 1.09 bits per heavy atom. The first-order chi connectivity index (χ1) is 15.6. The lowest BCUT2D eigenvalue weighted by molar-refractivity contribution is 0.0966. The molecule has 0 aromatic carbocycles. The Bertz CT molecular complexity index is 1150. The number of hydrogen-bond acceptors (Lipinski definition) is 7. The van der Waals surface area contributed by atoms with Crippen LogP contribution >= 0.6 is 0 Å². The summed E-state index contributed by atoms with van der Waals surface area (Å²) in [5.41, 5.74) is 7.26. The topological polar surface area (TPSA) is 95.1 Å². The van der Waals surface area contributed by atoms with Gasteiger partial charge in [-0.2, -0.15) is 0 Å². The van der Waals surface area contributed by atoms with Gasteiger partial charge >= 0.3 is 0 Å². The summed E-state index contributed by atoms with van der Waals surface area (Å²) in [6, 6.07) is 6.07. The van der Waals surface area contributed by atoms with Crippen LogP contribution < -0.4 is 20.9 Å². The third-order valence-corrected chi connectivity index (χ3v) is 6.08. The van der Waals surface area contributed by atoms with Crippen molar-refractivity contribution in [2.24, 2.45) is 0 Å². The number of carbonyl (C=O) groups excluding carboxylic acids is 1. The average Bonchev–Trinajstić information content (AvgIpc) is 3.22. The van der Waals surface area contributed by atoms with Gasteiger partial charge < -0.3 is 20.9 Å². The molecule has 0 aliphatic carbocycles. The van der Waals surface area contributed by atoms with E-state index in [0.29, 0.717) is 23.6 Å². The van der Waals surface area contributed by atoms with Crippen LogP contribution in [-0.2, 0) is 13.0 Å². The highest BCUT2D eigenvalue weighted by atomic mass is 16.1. The summed E-state index contributed by atoms with van der Waals surface area (Å²) in [5, 5.41) is 9.62. The minimum atomic E-state index is -0.0904. The first-order valence-electron chi connectivity index (χ1n) is 11.1. The van der Waals surface area contributed by atoms with Gasteiger partial charge in [0.25, 0.3) is 5.91 Å². The molecule has 1 amide bonds. The summed E-state index contributed by atoms with van der Waals surface area (Å²) >= 11 is 0. The summed E-state index contributed by atoms with van der Waals surface area (Å²) in [4.78, 5) is 28.8. The standard InChI is InChI=1S/C24H27N7O/c1-3-16-11-26-15(2)10-18(16)23-19-13-29-24(32)22(19)20(14-28-23)30-21-5-4-17(12-27-21)31-8-6-25-7-9-31/h4-5,10-12,14,25H,3,6-9,13H2,1-2H3,(H,27,30)(H,29,32). The van der Waals surface area contributed by atoms with E-state index >= 15 is 0 Å². The highest BCUT2D eigenvalue weighted by Crippen LogP contribution is 2.35. The van der Waals surface area contributed by atoms with Crippen molar-refractivity contribution < 1.29 is 4.79 Å². The Hall–Kier alpha value is -3.52. The maximum Gasteiger partial charge on any atom is 0.254 e. The third kappa shape index (κ3) is 3.78. The lowest BCUT2D eigenvalue weighted by Crippen LogP contribution is -2.43. The van der Waals surface area contributed by atoms with E-state index in [1.165, 1.54) is 0 Å². The van der Waals surface area contributed by atoms with Crippen LogP contribution in [0.15, 0.2) is 36.8 Å². The fourth-order valence-corrected chi connectivity index (χ4v) is 4.37. The van der Waals surface area contributed by atoms with E-state index in [1.807, 2.05) is 31.5 Å². The molecule has 8 heteroatoms. The zero-order chi connectivity index (χ0) is 22.1.